The summed E-state index contributed by atoms with van der Waals surface area (Å²) in [5.74, 6) is 0.555. The number of carbonyl (C=O) groups excluding carboxylic acids is 3. The Morgan fingerprint density at radius 2 is 1.86 bits per heavy atom. The van der Waals surface area contributed by atoms with Gasteiger partial charge in [0, 0.05) is 45.0 Å². The van der Waals surface area contributed by atoms with Gasteiger partial charge in [0.05, 0.1) is 5.56 Å². The van der Waals surface area contributed by atoms with Crippen LogP contribution in [-0.4, -0.2) is 46.4 Å². The minimum Gasteiger partial charge on any atom is -0.467 e. The van der Waals surface area contributed by atoms with Crippen LogP contribution < -0.4 is 15.4 Å². The first-order valence-electron chi connectivity index (χ1n) is 9.64. The van der Waals surface area contributed by atoms with E-state index in [1.54, 1.807) is 47.5 Å². The second-order valence-electron chi connectivity index (χ2n) is 7.19. The minimum atomic E-state index is -0.779. The van der Waals surface area contributed by atoms with E-state index in [4.69, 9.17) is 4.74 Å². The second kappa shape index (κ2) is 7.90. The topological polar surface area (TPSA) is 101 Å². The average Bonchev–Trinajstić information content (AvgIpc) is 2.73. The number of aromatic nitrogens is 1. The van der Waals surface area contributed by atoms with Crippen molar-refractivity contribution in [2.75, 3.05) is 18.4 Å². The Morgan fingerprint density at radius 3 is 2.62 bits per heavy atom. The van der Waals surface area contributed by atoms with E-state index in [1.807, 2.05) is 6.07 Å². The van der Waals surface area contributed by atoms with E-state index in [0.717, 1.165) is 0 Å². The van der Waals surface area contributed by atoms with Crippen molar-refractivity contribution < 1.29 is 19.1 Å². The van der Waals surface area contributed by atoms with Gasteiger partial charge in [0.2, 0.25) is 11.8 Å². The number of piperidine rings is 1. The fourth-order valence-electron chi connectivity index (χ4n) is 3.62. The molecule has 2 aromatic rings. The molecule has 1 aromatic carbocycles. The molecule has 4 rings (SSSR count). The zero-order valence-electron chi connectivity index (χ0n) is 15.9. The molecule has 0 radical (unpaired) electrons. The average molecular weight is 394 g/mol. The third kappa shape index (κ3) is 4.21. The van der Waals surface area contributed by atoms with Crippen LogP contribution in [0.2, 0.25) is 0 Å². The van der Waals surface area contributed by atoms with E-state index in [-0.39, 0.29) is 30.6 Å². The molecule has 8 nitrogen and oxygen atoms in total. The summed E-state index contributed by atoms with van der Waals surface area (Å²) in [5, 5.41) is 5.63. The number of amides is 3. The quantitative estimate of drug-likeness (QED) is 0.825. The lowest BCUT2D eigenvalue weighted by molar-refractivity contribution is -0.136. The van der Waals surface area contributed by atoms with Gasteiger partial charge in [0.15, 0.2) is 5.72 Å². The van der Waals surface area contributed by atoms with Crippen LogP contribution in [-0.2, 0) is 9.59 Å². The standard InChI is InChI=1S/C21H22N4O4/c26-18(23-17-7-3-4-12-22-17)8-9-19(27)25-13-10-21(11-14-25)24-20(28)15-5-1-2-6-16(15)29-21/h1-7,12H,8-11,13-14H2,(H,24,28)(H,22,23,26). The Hall–Kier alpha value is -3.42. The van der Waals surface area contributed by atoms with Crippen molar-refractivity contribution >= 4 is 23.5 Å². The predicted octanol–water partition coefficient (Wildman–Crippen LogP) is 1.94. The third-order valence-corrected chi connectivity index (χ3v) is 5.20. The Kier molecular flexibility index (Phi) is 5.16. The monoisotopic (exact) mass is 394 g/mol. The largest absolute Gasteiger partial charge is 0.467 e. The van der Waals surface area contributed by atoms with Crippen molar-refractivity contribution in [3.8, 4) is 5.75 Å². The SMILES string of the molecule is O=C(CCC(=O)N1CCC2(CC1)NC(=O)c1ccccc1O2)Nc1ccccn1. The van der Waals surface area contributed by atoms with Crippen LogP contribution in [0.1, 0.15) is 36.0 Å². The third-order valence-electron chi connectivity index (χ3n) is 5.20. The normalized spacial score (nSPS) is 17.1. The summed E-state index contributed by atoms with van der Waals surface area (Å²) in [5.41, 5.74) is -0.256. The fraction of sp³-hybridized carbons (Fsp3) is 0.333. The molecule has 8 heteroatoms. The molecule has 2 N–H and O–H groups in total. The molecule has 0 aliphatic carbocycles. The van der Waals surface area contributed by atoms with Crippen LogP contribution in [0.15, 0.2) is 48.7 Å². The molecule has 3 heterocycles. The lowest BCUT2D eigenvalue weighted by Gasteiger charge is -2.44. The lowest BCUT2D eigenvalue weighted by atomic mass is 9.96. The number of nitrogens with zero attached hydrogens (tertiary/aromatic N) is 2. The Labute approximate surface area is 168 Å². The molecule has 3 amide bonds. The van der Waals surface area contributed by atoms with Gasteiger partial charge in [-0.15, -0.1) is 0 Å². The molecule has 0 unspecified atom stereocenters. The van der Waals surface area contributed by atoms with Crippen molar-refractivity contribution in [3.63, 3.8) is 0 Å². The molecule has 0 bridgehead atoms. The highest BCUT2D eigenvalue weighted by Gasteiger charge is 2.43. The smallest absolute Gasteiger partial charge is 0.258 e. The molecular weight excluding hydrogens is 372 g/mol. The van der Waals surface area contributed by atoms with E-state index in [2.05, 4.69) is 15.6 Å². The van der Waals surface area contributed by atoms with Crippen LogP contribution in [0.4, 0.5) is 5.82 Å². The first-order valence-corrected chi connectivity index (χ1v) is 9.64. The molecule has 1 fully saturated rings. The van der Waals surface area contributed by atoms with Gasteiger partial charge in [0.25, 0.3) is 5.91 Å². The van der Waals surface area contributed by atoms with Crippen LogP contribution in [0.3, 0.4) is 0 Å². The summed E-state index contributed by atoms with van der Waals surface area (Å²) in [6.07, 6.45) is 2.81. The van der Waals surface area contributed by atoms with Crippen LogP contribution in [0.25, 0.3) is 0 Å². The Balaban J connectivity index is 1.28. The second-order valence-corrected chi connectivity index (χ2v) is 7.19. The first kappa shape index (κ1) is 18.9. The zero-order chi connectivity index (χ0) is 20.3. The van der Waals surface area contributed by atoms with Gasteiger partial charge in [-0.3, -0.25) is 14.4 Å². The van der Waals surface area contributed by atoms with Crippen LogP contribution in [0.5, 0.6) is 5.75 Å². The number of carbonyl (C=O) groups is 3. The van der Waals surface area contributed by atoms with Crippen LogP contribution >= 0.6 is 0 Å². The van der Waals surface area contributed by atoms with E-state index >= 15 is 0 Å². The van der Waals surface area contributed by atoms with Gasteiger partial charge in [-0.2, -0.15) is 0 Å². The van der Waals surface area contributed by atoms with Gasteiger partial charge >= 0.3 is 0 Å². The molecule has 1 spiro atoms. The summed E-state index contributed by atoms with van der Waals surface area (Å²) in [7, 11) is 0. The molecular formula is C21H22N4O4. The first-order chi connectivity index (χ1) is 14.0. The molecule has 2 aliphatic heterocycles. The van der Waals surface area contributed by atoms with Crippen molar-refractivity contribution in [1.29, 1.82) is 0 Å². The lowest BCUT2D eigenvalue weighted by Crippen LogP contribution is -2.61. The molecule has 29 heavy (non-hydrogen) atoms. The highest BCUT2D eigenvalue weighted by Crippen LogP contribution is 2.33. The number of likely N-dealkylation sites (tertiary alicyclic amines) is 1. The van der Waals surface area contributed by atoms with E-state index < -0.39 is 5.72 Å². The van der Waals surface area contributed by atoms with E-state index in [1.165, 1.54) is 0 Å². The van der Waals surface area contributed by atoms with Gasteiger partial charge in [-0.1, -0.05) is 18.2 Å². The molecule has 1 saturated heterocycles. The summed E-state index contributed by atoms with van der Waals surface area (Å²) in [4.78, 5) is 42.6. The molecule has 0 atom stereocenters. The number of pyridine rings is 1. The summed E-state index contributed by atoms with van der Waals surface area (Å²) < 4.78 is 6.08. The van der Waals surface area contributed by atoms with Gasteiger partial charge in [-0.05, 0) is 24.3 Å². The van der Waals surface area contributed by atoms with E-state index in [9.17, 15) is 14.4 Å². The number of hydrogen-bond acceptors (Lipinski definition) is 5. The fourth-order valence-corrected chi connectivity index (χ4v) is 3.62. The Bertz CT molecular complexity index is 923. The maximum atomic E-state index is 12.5. The maximum Gasteiger partial charge on any atom is 0.258 e. The van der Waals surface area contributed by atoms with Gasteiger partial charge in [0.1, 0.15) is 11.6 Å². The summed E-state index contributed by atoms with van der Waals surface area (Å²) in [6.45, 7) is 0.923. The number of fused-ring (bicyclic) bond motifs is 1. The predicted molar refractivity (Wildman–Crippen MR) is 105 cm³/mol. The number of hydrogen-bond donors (Lipinski definition) is 2. The van der Waals surface area contributed by atoms with E-state index in [0.29, 0.717) is 43.1 Å². The highest BCUT2D eigenvalue weighted by atomic mass is 16.5. The van der Waals surface area contributed by atoms with Crippen LogP contribution in [0, 0.1) is 0 Å². The summed E-state index contributed by atoms with van der Waals surface area (Å²) in [6, 6.07) is 12.4. The van der Waals surface area contributed by atoms with Gasteiger partial charge in [-0.25, -0.2) is 4.98 Å². The maximum absolute atomic E-state index is 12.5. The number of rotatable bonds is 4. The number of nitrogens with one attached hydrogen (secondary N) is 2. The molecule has 2 aliphatic rings. The van der Waals surface area contributed by atoms with Crippen molar-refractivity contribution in [2.24, 2.45) is 0 Å². The summed E-state index contributed by atoms with van der Waals surface area (Å²) >= 11 is 0. The zero-order valence-corrected chi connectivity index (χ0v) is 15.9. The number of anilines is 1. The van der Waals surface area contributed by atoms with Crippen molar-refractivity contribution in [1.82, 2.24) is 15.2 Å². The molecule has 1 aromatic heterocycles. The number of ether oxygens (including phenoxy) is 1. The Morgan fingerprint density at radius 1 is 1.10 bits per heavy atom. The minimum absolute atomic E-state index is 0.0847. The molecule has 0 saturated carbocycles. The number of para-hydroxylation sites is 1. The molecule has 150 valence electrons. The number of benzene rings is 1. The highest BCUT2D eigenvalue weighted by molar-refractivity contribution is 5.98. The van der Waals surface area contributed by atoms with Gasteiger partial charge < -0.3 is 20.3 Å². The van der Waals surface area contributed by atoms with Crippen molar-refractivity contribution in [2.45, 2.75) is 31.4 Å². The van der Waals surface area contributed by atoms with Crippen molar-refractivity contribution in [3.05, 3.63) is 54.2 Å².